The van der Waals surface area contributed by atoms with Crippen LogP contribution in [0.4, 0.5) is 5.82 Å². The molecule has 3 rings (SSSR count). The predicted molar refractivity (Wildman–Crippen MR) is 81.4 cm³/mol. The molecule has 0 amide bonds. The van der Waals surface area contributed by atoms with Crippen molar-refractivity contribution in [2.75, 3.05) is 12.3 Å². The van der Waals surface area contributed by atoms with Crippen LogP contribution >= 0.6 is 0 Å². The number of anilines is 1. The van der Waals surface area contributed by atoms with E-state index in [-0.39, 0.29) is 5.69 Å². The Morgan fingerprint density at radius 3 is 2.71 bits per heavy atom. The largest absolute Gasteiger partial charge is 0.461 e. The quantitative estimate of drug-likeness (QED) is 0.749. The van der Waals surface area contributed by atoms with Crippen molar-refractivity contribution in [1.29, 1.82) is 0 Å². The molecule has 5 nitrogen and oxygen atoms in total. The molecular weight excluding hydrogens is 266 g/mol. The van der Waals surface area contributed by atoms with E-state index in [0.29, 0.717) is 12.4 Å². The normalized spacial score (nSPS) is 10.7. The van der Waals surface area contributed by atoms with Gasteiger partial charge in [0.25, 0.3) is 0 Å². The van der Waals surface area contributed by atoms with E-state index in [2.05, 4.69) is 5.10 Å². The monoisotopic (exact) mass is 281 g/mol. The van der Waals surface area contributed by atoms with Gasteiger partial charge in [-0.05, 0) is 29.8 Å². The summed E-state index contributed by atoms with van der Waals surface area (Å²) < 4.78 is 6.47. The Morgan fingerprint density at radius 1 is 1.19 bits per heavy atom. The Kier molecular flexibility index (Phi) is 3.31. The van der Waals surface area contributed by atoms with Crippen molar-refractivity contribution in [2.24, 2.45) is 0 Å². The van der Waals surface area contributed by atoms with Crippen LogP contribution in [-0.2, 0) is 4.74 Å². The minimum Gasteiger partial charge on any atom is -0.461 e. The van der Waals surface area contributed by atoms with Crippen molar-refractivity contribution in [3.63, 3.8) is 0 Å². The average molecular weight is 281 g/mol. The number of nitrogens with zero attached hydrogens (tertiary/aromatic N) is 2. The van der Waals surface area contributed by atoms with Crippen LogP contribution in [-0.4, -0.2) is 22.4 Å². The lowest BCUT2D eigenvalue weighted by Gasteiger charge is -2.05. The Labute approximate surface area is 121 Å². The van der Waals surface area contributed by atoms with Crippen molar-refractivity contribution >= 4 is 22.6 Å². The zero-order chi connectivity index (χ0) is 14.8. The Hall–Kier alpha value is -2.82. The highest BCUT2D eigenvalue weighted by molar-refractivity contribution is 5.88. The molecule has 0 aliphatic heterocycles. The molecule has 0 aliphatic rings. The van der Waals surface area contributed by atoms with Crippen molar-refractivity contribution in [1.82, 2.24) is 9.78 Å². The maximum Gasteiger partial charge on any atom is 0.358 e. The van der Waals surface area contributed by atoms with Gasteiger partial charge in [-0.2, -0.15) is 5.10 Å². The van der Waals surface area contributed by atoms with E-state index in [4.69, 9.17) is 10.5 Å². The number of rotatable bonds is 3. The number of esters is 1. The number of hydrogen-bond donors (Lipinski definition) is 1. The maximum atomic E-state index is 11.7. The molecule has 0 spiro atoms. The third-order valence-electron chi connectivity index (χ3n) is 3.20. The van der Waals surface area contributed by atoms with Crippen LogP contribution in [0.2, 0.25) is 0 Å². The first-order chi connectivity index (χ1) is 10.2. The molecule has 0 radical (unpaired) electrons. The Balaban J connectivity index is 2.04. The first-order valence-electron chi connectivity index (χ1n) is 6.71. The van der Waals surface area contributed by atoms with Crippen LogP contribution < -0.4 is 5.73 Å². The van der Waals surface area contributed by atoms with Gasteiger partial charge in [-0.1, -0.05) is 30.3 Å². The average Bonchev–Trinajstić information content (AvgIpc) is 2.89. The summed E-state index contributed by atoms with van der Waals surface area (Å²) >= 11 is 0. The zero-order valence-electron chi connectivity index (χ0n) is 11.6. The second kappa shape index (κ2) is 5.28. The molecule has 21 heavy (non-hydrogen) atoms. The standard InChI is InChI=1S/C16H15N3O2/c1-2-21-16(20)14-10-15(17)19(18-14)13-8-7-11-5-3-4-6-12(11)9-13/h3-10H,2,17H2,1H3. The predicted octanol–water partition coefficient (Wildman–Crippen LogP) is 2.78. The molecule has 1 heterocycles. The third kappa shape index (κ3) is 2.45. The number of hydrogen-bond acceptors (Lipinski definition) is 4. The van der Waals surface area contributed by atoms with E-state index < -0.39 is 5.97 Å². The van der Waals surface area contributed by atoms with Crippen molar-refractivity contribution < 1.29 is 9.53 Å². The van der Waals surface area contributed by atoms with Crippen LogP contribution in [0.25, 0.3) is 16.5 Å². The van der Waals surface area contributed by atoms with Crippen LogP contribution in [0.15, 0.2) is 48.5 Å². The van der Waals surface area contributed by atoms with Gasteiger partial charge in [0.15, 0.2) is 5.69 Å². The molecule has 2 N–H and O–H groups in total. The van der Waals surface area contributed by atoms with E-state index in [1.54, 1.807) is 11.6 Å². The number of ether oxygens (including phenoxy) is 1. The number of carbonyl (C=O) groups excluding carboxylic acids is 1. The smallest absolute Gasteiger partial charge is 0.358 e. The summed E-state index contributed by atoms with van der Waals surface area (Å²) in [6, 6.07) is 15.4. The van der Waals surface area contributed by atoms with E-state index in [0.717, 1.165) is 16.5 Å². The van der Waals surface area contributed by atoms with E-state index in [9.17, 15) is 4.79 Å². The van der Waals surface area contributed by atoms with Crippen molar-refractivity contribution in [3.05, 3.63) is 54.2 Å². The molecular formula is C16H15N3O2. The lowest BCUT2D eigenvalue weighted by molar-refractivity contribution is 0.0519. The summed E-state index contributed by atoms with van der Waals surface area (Å²) in [5, 5.41) is 6.44. The van der Waals surface area contributed by atoms with Gasteiger partial charge < -0.3 is 10.5 Å². The summed E-state index contributed by atoms with van der Waals surface area (Å²) in [7, 11) is 0. The van der Waals surface area contributed by atoms with Crippen LogP contribution in [0, 0.1) is 0 Å². The van der Waals surface area contributed by atoms with Gasteiger partial charge in [-0.3, -0.25) is 0 Å². The highest BCUT2D eigenvalue weighted by atomic mass is 16.5. The molecule has 0 fully saturated rings. The fourth-order valence-electron chi connectivity index (χ4n) is 2.22. The van der Waals surface area contributed by atoms with Crippen molar-refractivity contribution in [3.8, 4) is 5.69 Å². The molecule has 0 saturated heterocycles. The van der Waals surface area contributed by atoms with Gasteiger partial charge in [-0.15, -0.1) is 0 Å². The SMILES string of the molecule is CCOC(=O)c1cc(N)n(-c2ccc3ccccc3c2)n1. The number of nitrogen functional groups attached to an aromatic ring is 1. The molecule has 0 saturated carbocycles. The fourth-order valence-corrected chi connectivity index (χ4v) is 2.22. The van der Waals surface area contributed by atoms with Crippen molar-refractivity contribution in [2.45, 2.75) is 6.92 Å². The van der Waals surface area contributed by atoms with Gasteiger partial charge in [0.05, 0.1) is 12.3 Å². The van der Waals surface area contributed by atoms with Gasteiger partial charge in [-0.25, -0.2) is 9.48 Å². The second-order valence-electron chi connectivity index (χ2n) is 4.62. The number of benzene rings is 2. The Bertz CT molecular complexity index is 808. The topological polar surface area (TPSA) is 70.1 Å². The second-order valence-corrected chi connectivity index (χ2v) is 4.62. The summed E-state index contributed by atoms with van der Waals surface area (Å²) in [5.74, 6) is -0.0722. The first-order valence-corrected chi connectivity index (χ1v) is 6.71. The van der Waals surface area contributed by atoms with E-state index in [1.807, 2.05) is 42.5 Å². The third-order valence-corrected chi connectivity index (χ3v) is 3.20. The fraction of sp³-hybridized carbons (Fsp3) is 0.125. The van der Waals surface area contributed by atoms with Crippen LogP contribution in [0.1, 0.15) is 17.4 Å². The van der Waals surface area contributed by atoms with Gasteiger partial charge >= 0.3 is 5.97 Å². The summed E-state index contributed by atoms with van der Waals surface area (Å²) in [6.07, 6.45) is 0. The number of fused-ring (bicyclic) bond motifs is 1. The molecule has 5 heteroatoms. The summed E-state index contributed by atoms with van der Waals surface area (Å²) in [4.78, 5) is 11.7. The Morgan fingerprint density at radius 2 is 1.95 bits per heavy atom. The number of nitrogens with two attached hydrogens (primary N) is 1. The lowest BCUT2D eigenvalue weighted by Crippen LogP contribution is -2.07. The molecule has 0 unspecified atom stereocenters. The summed E-state index contributed by atoms with van der Waals surface area (Å²) in [6.45, 7) is 2.06. The number of carbonyl (C=O) groups is 1. The van der Waals surface area contributed by atoms with Crippen LogP contribution in [0.3, 0.4) is 0 Å². The minimum absolute atomic E-state index is 0.211. The zero-order valence-corrected chi connectivity index (χ0v) is 11.6. The molecule has 0 atom stereocenters. The highest BCUT2D eigenvalue weighted by Gasteiger charge is 2.14. The summed E-state index contributed by atoms with van der Waals surface area (Å²) in [5.41, 5.74) is 6.96. The van der Waals surface area contributed by atoms with Gasteiger partial charge in [0, 0.05) is 6.07 Å². The molecule has 106 valence electrons. The van der Waals surface area contributed by atoms with Gasteiger partial charge in [0.1, 0.15) is 5.82 Å². The maximum absolute atomic E-state index is 11.7. The molecule has 2 aromatic carbocycles. The lowest BCUT2D eigenvalue weighted by atomic mass is 10.1. The molecule has 3 aromatic rings. The van der Waals surface area contributed by atoms with Crippen LogP contribution in [0.5, 0.6) is 0 Å². The minimum atomic E-state index is -0.469. The van der Waals surface area contributed by atoms with E-state index in [1.165, 1.54) is 6.07 Å². The molecule has 1 aromatic heterocycles. The first kappa shape index (κ1) is 13.2. The highest BCUT2D eigenvalue weighted by Crippen LogP contribution is 2.21. The van der Waals surface area contributed by atoms with Gasteiger partial charge in [0.2, 0.25) is 0 Å². The number of aromatic nitrogens is 2. The van der Waals surface area contributed by atoms with E-state index >= 15 is 0 Å². The molecule has 0 bridgehead atoms. The molecule has 0 aliphatic carbocycles.